The summed E-state index contributed by atoms with van der Waals surface area (Å²) in [5, 5.41) is 9.63. The first kappa shape index (κ1) is 23.7. The minimum absolute atomic E-state index is 0.108. The number of anilines is 1. The highest BCUT2D eigenvalue weighted by Crippen LogP contribution is 2.37. The van der Waals surface area contributed by atoms with E-state index in [-0.39, 0.29) is 12.0 Å². The van der Waals surface area contributed by atoms with Crippen LogP contribution in [0.3, 0.4) is 0 Å². The Hall–Kier alpha value is -3.46. The Kier molecular flexibility index (Phi) is 6.83. The second kappa shape index (κ2) is 9.80. The predicted molar refractivity (Wildman–Crippen MR) is 121 cm³/mol. The fourth-order valence-electron chi connectivity index (χ4n) is 3.72. The van der Waals surface area contributed by atoms with Gasteiger partial charge in [0.1, 0.15) is 11.9 Å². The van der Waals surface area contributed by atoms with Crippen molar-refractivity contribution in [2.45, 2.75) is 18.7 Å². The fourth-order valence-corrected chi connectivity index (χ4v) is 3.97. The number of pyridine rings is 1. The van der Waals surface area contributed by atoms with Crippen LogP contribution >= 0.6 is 11.6 Å². The predicted octanol–water partition coefficient (Wildman–Crippen LogP) is 5.54. The highest BCUT2D eigenvalue weighted by molar-refractivity contribution is 6.33. The molecule has 1 N–H and O–H groups in total. The number of rotatable bonds is 7. The van der Waals surface area contributed by atoms with Gasteiger partial charge in [0.15, 0.2) is 6.61 Å². The molecule has 0 bridgehead atoms. The molecule has 1 saturated heterocycles. The molecule has 34 heavy (non-hydrogen) atoms. The minimum Gasteiger partial charge on any atom is -0.480 e. The van der Waals surface area contributed by atoms with Gasteiger partial charge in [-0.2, -0.15) is 13.2 Å². The number of carbonyl (C=O) groups is 1. The average molecular weight is 493 g/mol. The average Bonchev–Trinajstić information content (AvgIpc) is 3.26. The Labute approximate surface area is 198 Å². The molecule has 1 aliphatic rings. The molecule has 2 heterocycles. The second-order valence-electron chi connectivity index (χ2n) is 7.70. The monoisotopic (exact) mass is 492 g/mol. The summed E-state index contributed by atoms with van der Waals surface area (Å²) in [6.07, 6.45) is -3.42. The van der Waals surface area contributed by atoms with Crippen molar-refractivity contribution in [3.05, 3.63) is 71.4 Å². The molecular weight excluding hydrogens is 473 g/mol. The summed E-state index contributed by atoms with van der Waals surface area (Å²) in [7, 11) is 0. The van der Waals surface area contributed by atoms with E-state index in [0.29, 0.717) is 36.0 Å². The molecule has 1 fully saturated rings. The first-order valence-electron chi connectivity index (χ1n) is 10.4. The van der Waals surface area contributed by atoms with E-state index in [2.05, 4.69) is 4.98 Å². The molecule has 3 aromatic rings. The number of benzene rings is 2. The van der Waals surface area contributed by atoms with Crippen molar-refractivity contribution in [2.75, 3.05) is 24.6 Å². The van der Waals surface area contributed by atoms with Gasteiger partial charge in [0.2, 0.25) is 5.88 Å². The van der Waals surface area contributed by atoms with Gasteiger partial charge in [-0.25, -0.2) is 9.78 Å². The summed E-state index contributed by atoms with van der Waals surface area (Å²) in [5.74, 6) is -0.616. The summed E-state index contributed by atoms with van der Waals surface area (Å²) >= 11 is 6.31. The van der Waals surface area contributed by atoms with E-state index >= 15 is 0 Å². The lowest BCUT2D eigenvalue weighted by Crippen LogP contribution is -2.25. The van der Waals surface area contributed by atoms with Gasteiger partial charge in [0, 0.05) is 35.8 Å². The van der Waals surface area contributed by atoms with Crippen LogP contribution < -0.4 is 14.4 Å². The highest BCUT2D eigenvalue weighted by Gasteiger charge is 2.31. The molecule has 2 aromatic carbocycles. The Morgan fingerprint density at radius 1 is 1.18 bits per heavy atom. The lowest BCUT2D eigenvalue weighted by molar-refractivity contribution is -0.139. The topological polar surface area (TPSA) is 71.9 Å². The Balaban J connectivity index is 1.51. The zero-order chi connectivity index (χ0) is 24.3. The van der Waals surface area contributed by atoms with Gasteiger partial charge in [-0.15, -0.1) is 0 Å². The molecule has 6 nitrogen and oxygen atoms in total. The highest BCUT2D eigenvalue weighted by atomic mass is 35.5. The van der Waals surface area contributed by atoms with Crippen LogP contribution in [0.5, 0.6) is 11.6 Å². The van der Waals surface area contributed by atoms with Crippen LogP contribution in [0, 0.1) is 0 Å². The first-order valence-corrected chi connectivity index (χ1v) is 10.8. The Morgan fingerprint density at radius 2 is 1.97 bits per heavy atom. The number of ether oxygens (including phenoxy) is 2. The van der Waals surface area contributed by atoms with Crippen molar-refractivity contribution < 1.29 is 32.5 Å². The number of hydrogen-bond acceptors (Lipinski definition) is 5. The van der Waals surface area contributed by atoms with Gasteiger partial charge in [0.05, 0.1) is 17.8 Å². The van der Waals surface area contributed by atoms with E-state index in [4.69, 9.17) is 26.2 Å². The lowest BCUT2D eigenvalue weighted by atomic mass is 10.0. The third-order valence-corrected chi connectivity index (χ3v) is 5.66. The third kappa shape index (κ3) is 5.53. The van der Waals surface area contributed by atoms with E-state index in [0.717, 1.165) is 23.4 Å². The smallest absolute Gasteiger partial charge is 0.417 e. The molecule has 0 spiro atoms. The van der Waals surface area contributed by atoms with Gasteiger partial charge >= 0.3 is 12.1 Å². The van der Waals surface area contributed by atoms with Crippen LogP contribution in [0.4, 0.5) is 18.9 Å². The number of aliphatic carboxylic acids is 1. The molecule has 4 rings (SSSR count). The summed E-state index contributed by atoms with van der Waals surface area (Å²) in [4.78, 5) is 16.8. The van der Waals surface area contributed by atoms with Crippen LogP contribution in [0.15, 0.2) is 60.8 Å². The fraction of sp³-hybridized carbons (Fsp3) is 0.250. The van der Waals surface area contributed by atoms with E-state index in [1.807, 2.05) is 35.2 Å². The van der Waals surface area contributed by atoms with Gasteiger partial charge < -0.3 is 19.5 Å². The number of aromatic nitrogens is 1. The SMILES string of the molecule is O=C(O)COc1cc(-c2ccccc2Cl)ccc1N1CCC(Oc2ccc(C(F)(F)F)cn2)C1. The number of halogens is 4. The summed E-state index contributed by atoms with van der Waals surface area (Å²) in [6, 6.07) is 14.9. The normalized spacial score (nSPS) is 15.9. The van der Waals surface area contributed by atoms with Crippen LogP contribution in [0.1, 0.15) is 12.0 Å². The molecule has 178 valence electrons. The molecule has 1 unspecified atom stereocenters. The van der Waals surface area contributed by atoms with Crippen LogP contribution in [0.2, 0.25) is 5.02 Å². The molecular formula is C24H20ClF3N2O4. The minimum atomic E-state index is -4.46. The zero-order valence-electron chi connectivity index (χ0n) is 17.8. The van der Waals surface area contributed by atoms with E-state index in [1.165, 1.54) is 6.07 Å². The number of hydrogen-bond donors (Lipinski definition) is 1. The first-order chi connectivity index (χ1) is 16.2. The molecule has 1 aliphatic heterocycles. The molecule has 1 atom stereocenters. The second-order valence-corrected chi connectivity index (χ2v) is 8.11. The summed E-state index contributed by atoms with van der Waals surface area (Å²) < 4.78 is 49.5. The van der Waals surface area contributed by atoms with Crippen molar-refractivity contribution in [2.24, 2.45) is 0 Å². The largest absolute Gasteiger partial charge is 0.480 e. The van der Waals surface area contributed by atoms with E-state index in [9.17, 15) is 18.0 Å². The van der Waals surface area contributed by atoms with Gasteiger partial charge in [0.25, 0.3) is 0 Å². The molecule has 0 radical (unpaired) electrons. The maximum absolute atomic E-state index is 12.7. The van der Waals surface area contributed by atoms with Gasteiger partial charge in [-0.05, 0) is 29.8 Å². The van der Waals surface area contributed by atoms with Crippen molar-refractivity contribution >= 4 is 23.3 Å². The van der Waals surface area contributed by atoms with E-state index in [1.54, 1.807) is 12.1 Å². The maximum atomic E-state index is 12.7. The molecule has 0 aliphatic carbocycles. The van der Waals surface area contributed by atoms with Gasteiger partial charge in [-0.1, -0.05) is 35.9 Å². The van der Waals surface area contributed by atoms with Crippen LogP contribution in [-0.4, -0.2) is 41.9 Å². The lowest BCUT2D eigenvalue weighted by Gasteiger charge is -2.22. The van der Waals surface area contributed by atoms with Crippen molar-refractivity contribution in [1.82, 2.24) is 4.98 Å². The number of carboxylic acid groups (broad SMARTS) is 1. The van der Waals surface area contributed by atoms with Gasteiger partial charge in [-0.3, -0.25) is 0 Å². The summed E-state index contributed by atoms with van der Waals surface area (Å²) in [5.41, 5.74) is 1.40. The number of alkyl halides is 3. The molecule has 0 saturated carbocycles. The molecule has 1 aromatic heterocycles. The Morgan fingerprint density at radius 3 is 2.65 bits per heavy atom. The standard InChI is InChI=1S/C24H20ClF3N2O4/c25-19-4-2-1-3-18(19)15-5-7-20(21(11-15)33-14-23(31)32)30-10-9-17(13-30)34-22-8-6-16(12-29-22)24(26,27)28/h1-8,11-12,17H,9-10,13-14H2,(H,31,32). The zero-order valence-corrected chi connectivity index (χ0v) is 18.5. The van der Waals surface area contributed by atoms with Crippen LogP contribution in [-0.2, 0) is 11.0 Å². The molecule has 10 heteroatoms. The van der Waals surface area contributed by atoms with Crippen LogP contribution in [0.25, 0.3) is 11.1 Å². The third-order valence-electron chi connectivity index (χ3n) is 5.33. The molecule has 0 amide bonds. The van der Waals surface area contributed by atoms with Crippen molar-refractivity contribution in [3.63, 3.8) is 0 Å². The Bertz CT molecular complexity index is 1170. The van der Waals surface area contributed by atoms with E-state index < -0.39 is 24.3 Å². The number of carboxylic acids is 1. The maximum Gasteiger partial charge on any atom is 0.417 e. The number of nitrogens with zero attached hydrogens (tertiary/aromatic N) is 2. The summed E-state index contributed by atoms with van der Waals surface area (Å²) in [6.45, 7) is 0.500. The van der Waals surface area contributed by atoms with Crippen molar-refractivity contribution in [3.8, 4) is 22.8 Å². The van der Waals surface area contributed by atoms with Crippen molar-refractivity contribution in [1.29, 1.82) is 0 Å². The quantitative estimate of drug-likeness (QED) is 0.467.